The van der Waals surface area contributed by atoms with Crippen molar-refractivity contribution in [2.45, 2.75) is 25.4 Å². The first kappa shape index (κ1) is 13.5. The predicted molar refractivity (Wildman–Crippen MR) is 43.3 cm³/mol. The summed E-state index contributed by atoms with van der Waals surface area (Å²) in [5.41, 5.74) is -1.12. The SMILES string of the molecule is O=C(O)C/C=C(/CCC(=O)O)C(F)(F)F. The molecule has 0 amide bonds. The van der Waals surface area contributed by atoms with Crippen molar-refractivity contribution in [2.75, 3.05) is 0 Å². The molecular weight excluding hydrogens is 217 g/mol. The Balaban J connectivity index is 4.52. The number of halogens is 3. The Morgan fingerprint density at radius 2 is 1.60 bits per heavy atom. The average Bonchev–Trinajstić information content (AvgIpc) is 2.00. The van der Waals surface area contributed by atoms with Gasteiger partial charge in [-0.05, 0) is 6.42 Å². The lowest BCUT2D eigenvalue weighted by molar-refractivity contribution is -0.137. The molecule has 2 N–H and O–H groups in total. The van der Waals surface area contributed by atoms with Gasteiger partial charge >= 0.3 is 18.1 Å². The second-order valence-corrected chi connectivity index (χ2v) is 2.72. The van der Waals surface area contributed by atoms with Gasteiger partial charge < -0.3 is 10.2 Å². The zero-order valence-electron chi connectivity index (χ0n) is 7.54. The van der Waals surface area contributed by atoms with Gasteiger partial charge in [0.15, 0.2) is 0 Å². The molecule has 0 saturated carbocycles. The number of allylic oxidation sites excluding steroid dienone is 1. The number of hydrogen-bond acceptors (Lipinski definition) is 2. The van der Waals surface area contributed by atoms with Crippen LogP contribution in [-0.4, -0.2) is 28.3 Å². The summed E-state index contributed by atoms with van der Waals surface area (Å²) in [5.74, 6) is -2.76. The molecule has 7 heteroatoms. The second kappa shape index (κ2) is 5.38. The van der Waals surface area contributed by atoms with Crippen molar-refractivity contribution in [3.8, 4) is 0 Å². The highest BCUT2D eigenvalue weighted by Crippen LogP contribution is 2.29. The normalized spacial score (nSPS) is 12.6. The van der Waals surface area contributed by atoms with E-state index in [1.165, 1.54) is 0 Å². The van der Waals surface area contributed by atoms with Gasteiger partial charge in [-0.25, -0.2) is 0 Å². The number of hydrogen-bond donors (Lipinski definition) is 2. The molecule has 0 aliphatic carbocycles. The van der Waals surface area contributed by atoms with E-state index in [1.54, 1.807) is 0 Å². The molecular formula is C8H9F3O4. The monoisotopic (exact) mass is 226 g/mol. The molecule has 4 nitrogen and oxygen atoms in total. The van der Waals surface area contributed by atoms with Crippen LogP contribution >= 0.6 is 0 Å². The number of aliphatic carboxylic acids is 2. The van der Waals surface area contributed by atoms with Crippen molar-refractivity contribution < 1.29 is 33.0 Å². The maximum absolute atomic E-state index is 12.2. The molecule has 0 aliphatic heterocycles. The smallest absolute Gasteiger partial charge is 0.412 e. The van der Waals surface area contributed by atoms with Crippen LogP contribution < -0.4 is 0 Å². The Kier molecular flexibility index (Phi) is 4.83. The van der Waals surface area contributed by atoms with Crippen molar-refractivity contribution >= 4 is 11.9 Å². The molecule has 0 aromatic heterocycles. The fraction of sp³-hybridized carbons (Fsp3) is 0.500. The lowest BCUT2D eigenvalue weighted by Crippen LogP contribution is -2.14. The van der Waals surface area contributed by atoms with E-state index in [4.69, 9.17) is 10.2 Å². The lowest BCUT2D eigenvalue weighted by atomic mass is 10.1. The van der Waals surface area contributed by atoms with Crippen molar-refractivity contribution in [3.05, 3.63) is 11.6 Å². The largest absolute Gasteiger partial charge is 0.481 e. The molecule has 0 rings (SSSR count). The van der Waals surface area contributed by atoms with Crippen LogP contribution in [0.3, 0.4) is 0 Å². The first-order valence-electron chi connectivity index (χ1n) is 3.93. The molecule has 0 fully saturated rings. The Morgan fingerprint density at radius 1 is 1.07 bits per heavy atom. The van der Waals surface area contributed by atoms with Crippen LogP contribution in [0.25, 0.3) is 0 Å². The summed E-state index contributed by atoms with van der Waals surface area (Å²) in [6.45, 7) is 0. The minimum absolute atomic E-state index is 0.491. The molecule has 0 saturated heterocycles. The van der Waals surface area contributed by atoms with Crippen LogP contribution in [-0.2, 0) is 9.59 Å². The Bertz CT molecular complexity index is 280. The Labute approximate surface area is 83.0 Å². The van der Waals surface area contributed by atoms with E-state index in [-0.39, 0.29) is 0 Å². The van der Waals surface area contributed by atoms with Crippen molar-refractivity contribution in [2.24, 2.45) is 0 Å². The van der Waals surface area contributed by atoms with E-state index in [1.807, 2.05) is 0 Å². The zero-order chi connectivity index (χ0) is 12.1. The first-order chi connectivity index (χ1) is 6.73. The predicted octanol–water partition coefficient (Wildman–Crippen LogP) is 1.81. The van der Waals surface area contributed by atoms with Crippen LogP contribution in [0.2, 0.25) is 0 Å². The summed E-state index contributed by atoms with van der Waals surface area (Å²) >= 11 is 0. The van der Waals surface area contributed by atoms with Crippen LogP contribution in [0.5, 0.6) is 0 Å². The summed E-state index contributed by atoms with van der Waals surface area (Å²) in [5, 5.41) is 16.4. The van der Waals surface area contributed by atoms with Gasteiger partial charge in [-0.15, -0.1) is 0 Å². The summed E-state index contributed by atoms with van der Waals surface area (Å²) in [7, 11) is 0. The second-order valence-electron chi connectivity index (χ2n) is 2.72. The Hall–Kier alpha value is -1.53. The highest BCUT2D eigenvalue weighted by Gasteiger charge is 2.33. The van der Waals surface area contributed by atoms with E-state index >= 15 is 0 Å². The quantitative estimate of drug-likeness (QED) is 0.701. The highest BCUT2D eigenvalue weighted by molar-refractivity contribution is 5.69. The van der Waals surface area contributed by atoms with Gasteiger partial charge in [-0.1, -0.05) is 6.08 Å². The lowest BCUT2D eigenvalue weighted by Gasteiger charge is -2.09. The summed E-state index contributed by atoms with van der Waals surface area (Å²) < 4.78 is 36.5. The number of carbonyl (C=O) groups is 2. The molecule has 0 aromatic rings. The van der Waals surface area contributed by atoms with Gasteiger partial charge in [0.25, 0.3) is 0 Å². The number of carboxylic acids is 2. The van der Waals surface area contributed by atoms with Crippen LogP contribution in [0.15, 0.2) is 11.6 Å². The molecule has 0 aliphatic rings. The summed E-state index contributed by atoms with van der Waals surface area (Å²) in [6.07, 6.45) is -6.35. The number of rotatable bonds is 5. The zero-order valence-corrected chi connectivity index (χ0v) is 7.54. The van der Waals surface area contributed by atoms with E-state index in [9.17, 15) is 22.8 Å². The Morgan fingerprint density at radius 3 is 1.93 bits per heavy atom. The van der Waals surface area contributed by atoms with Gasteiger partial charge in [0.2, 0.25) is 0 Å². The molecule has 0 aromatic carbocycles. The first-order valence-corrected chi connectivity index (χ1v) is 3.93. The third-order valence-electron chi connectivity index (χ3n) is 1.50. The van der Waals surface area contributed by atoms with E-state index in [0.29, 0.717) is 6.08 Å². The fourth-order valence-electron chi connectivity index (χ4n) is 0.812. The van der Waals surface area contributed by atoms with E-state index < -0.39 is 43.0 Å². The fourth-order valence-corrected chi connectivity index (χ4v) is 0.812. The highest BCUT2D eigenvalue weighted by atomic mass is 19.4. The van der Waals surface area contributed by atoms with Crippen molar-refractivity contribution in [1.82, 2.24) is 0 Å². The number of alkyl halides is 3. The van der Waals surface area contributed by atoms with Gasteiger partial charge in [0, 0.05) is 12.0 Å². The van der Waals surface area contributed by atoms with Crippen molar-refractivity contribution in [3.63, 3.8) is 0 Å². The van der Waals surface area contributed by atoms with Gasteiger partial charge in [-0.3, -0.25) is 9.59 Å². The minimum Gasteiger partial charge on any atom is -0.481 e. The van der Waals surface area contributed by atoms with Crippen LogP contribution in [0.4, 0.5) is 13.2 Å². The maximum Gasteiger partial charge on any atom is 0.412 e. The van der Waals surface area contributed by atoms with Crippen LogP contribution in [0, 0.1) is 0 Å². The van der Waals surface area contributed by atoms with Crippen LogP contribution in [0.1, 0.15) is 19.3 Å². The molecule has 15 heavy (non-hydrogen) atoms. The summed E-state index contributed by atoms with van der Waals surface area (Å²) in [4.78, 5) is 20.1. The molecule has 0 atom stereocenters. The summed E-state index contributed by atoms with van der Waals surface area (Å²) in [6, 6.07) is 0. The van der Waals surface area contributed by atoms with Crippen molar-refractivity contribution in [1.29, 1.82) is 0 Å². The van der Waals surface area contributed by atoms with Gasteiger partial charge in [-0.2, -0.15) is 13.2 Å². The van der Waals surface area contributed by atoms with E-state index in [0.717, 1.165) is 0 Å². The molecule has 0 bridgehead atoms. The molecule has 0 radical (unpaired) electrons. The molecule has 86 valence electrons. The minimum atomic E-state index is -4.68. The third kappa shape index (κ3) is 6.53. The average molecular weight is 226 g/mol. The third-order valence-corrected chi connectivity index (χ3v) is 1.50. The topological polar surface area (TPSA) is 74.6 Å². The standard InChI is InChI=1S/C8H9F3O4/c9-8(10,11)5(1-3-6(12)13)2-4-7(14)15/h1H,2-4H2,(H,12,13)(H,14,15)/b5-1-. The molecule has 0 heterocycles. The van der Waals surface area contributed by atoms with Gasteiger partial charge in [0.1, 0.15) is 0 Å². The van der Waals surface area contributed by atoms with E-state index in [2.05, 4.69) is 0 Å². The molecule has 0 unspecified atom stereocenters. The van der Waals surface area contributed by atoms with Gasteiger partial charge in [0.05, 0.1) is 6.42 Å². The maximum atomic E-state index is 12.2. The molecule has 0 spiro atoms. The number of carboxylic acid groups (broad SMARTS) is 2.